The van der Waals surface area contributed by atoms with Crippen LogP contribution in [0.25, 0.3) is 32.7 Å². The van der Waals surface area contributed by atoms with Crippen LogP contribution in [0.1, 0.15) is 87.1 Å². The summed E-state index contributed by atoms with van der Waals surface area (Å²) < 4.78 is 38.0. The van der Waals surface area contributed by atoms with Gasteiger partial charge >= 0.3 is 5.97 Å². The van der Waals surface area contributed by atoms with Crippen LogP contribution in [0.15, 0.2) is 152 Å². The number of hydrogen-bond donors (Lipinski definition) is 4. The Morgan fingerprint density at radius 1 is 0.453 bits per heavy atom. The van der Waals surface area contributed by atoms with Gasteiger partial charge in [-0.05, 0) is 134 Å². The first-order chi connectivity index (χ1) is 30.6. The van der Waals surface area contributed by atoms with Crippen LogP contribution in [0.3, 0.4) is 0 Å². The van der Waals surface area contributed by atoms with E-state index in [1.165, 1.54) is 98.0 Å². The molecule has 9 rings (SSSR count). The van der Waals surface area contributed by atoms with Crippen LogP contribution in [-0.4, -0.2) is 54.4 Å². The van der Waals surface area contributed by atoms with E-state index in [9.17, 15) is 41.9 Å². The van der Waals surface area contributed by atoms with Gasteiger partial charge in [0.25, 0.3) is 5.24 Å². The quantitative estimate of drug-likeness (QED) is 0.0869. The van der Waals surface area contributed by atoms with Crippen LogP contribution < -0.4 is 0 Å². The fourth-order valence-corrected chi connectivity index (χ4v) is 6.47. The van der Waals surface area contributed by atoms with E-state index in [0.29, 0.717) is 44.3 Å². The molecule has 9 aromatic rings. The molecule has 0 fully saturated rings. The summed E-state index contributed by atoms with van der Waals surface area (Å²) in [4.78, 5) is 77.5. The van der Waals surface area contributed by atoms with Gasteiger partial charge in [0, 0.05) is 84.9 Å². The van der Waals surface area contributed by atoms with Crippen LogP contribution >= 0.6 is 11.6 Å². The van der Waals surface area contributed by atoms with Crippen molar-refractivity contribution in [2.45, 2.75) is 13.8 Å². The minimum Gasteiger partial charge on any atom is -0.478 e. The lowest BCUT2D eigenvalue weighted by atomic mass is 10.0. The minimum absolute atomic E-state index is 0.0297. The Kier molecular flexibility index (Phi) is 14.3. The molecule has 0 aliphatic rings. The van der Waals surface area contributed by atoms with Gasteiger partial charge in [-0.25, -0.2) is 18.0 Å². The van der Waals surface area contributed by atoms with E-state index in [-0.39, 0.29) is 40.3 Å². The molecule has 0 amide bonds. The molecule has 0 saturated heterocycles. The average Bonchev–Trinajstić information content (AvgIpc) is 4.05. The van der Waals surface area contributed by atoms with E-state index in [0.717, 1.165) is 27.4 Å². The monoisotopic (exact) mass is 881 g/mol. The van der Waals surface area contributed by atoms with Crippen LogP contribution in [0.2, 0.25) is 0 Å². The first-order valence-electron chi connectivity index (χ1n) is 19.2. The molecule has 320 valence electrons. The zero-order valence-electron chi connectivity index (χ0n) is 33.8. The van der Waals surface area contributed by atoms with Crippen molar-refractivity contribution < 1.29 is 47.0 Å². The highest BCUT2D eigenvalue weighted by Crippen LogP contribution is 2.24. The second-order valence-corrected chi connectivity index (χ2v) is 14.4. The number of Topliss-reactive ketones (excluding diaryl/α,β-unsaturated/α-hetero) is 2. The van der Waals surface area contributed by atoms with Crippen molar-refractivity contribution in [1.29, 1.82) is 0 Å². The molecule has 3 aromatic heterocycles. The van der Waals surface area contributed by atoms with Gasteiger partial charge < -0.3 is 20.1 Å². The van der Waals surface area contributed by atoms with Gasteiger partial charge in [0.05, 0.1) is 5.56 Å². The number of hydrogen-bond acceptors (Lipinski definition) is 6. The molecule has 0 aliphatic carbocycles. The molecular formula is C50H35ClF3N3O7. The molecule has 3 heterocycles. The molecule has 0 radical (unpaired) electrons. The first-order valence-corrected chi connectivity index (χ1v) is 19.6. The van der Waals surface area contributed by atoms with Crippen molar-refractivity contribution in [3.63, 3.8) is 0 Å². The summed E-state index contributed by atoms with van der Waals surface area (Å²) in [5.74, 6) is -2.54. The molecule has 64 heavy (non-hydrogen) atoms. The normalized spacial score (nSPS) is 10.5. The van der Waals surface area contributed by atoms with E-state index < -0.39 is 17.0 Å². The SMILES string of the molecule is CC(=O)c1ccc2c(C(=O)c3ccc(F)cc3)c[nH]c2c1.CC(=O)c1ccc2cc[nH]c2c1.O=C(Cl)c1ccc(F)cc1.O=C(O)c1ccc2c(C(=O)c3ccc(F)cc3)c[nH]c2c1. The standard InChI is InChI=1S/C17H12FNO2.C16H10FNO3.C10H9NO.C7H4ClFO/c1-10(20)12-4-7-14-15(9-19-16(14)8-12)17(21)11-2-5-13(18)6-3-11;17-11-4-1-9(2-5-11)15(19)13-8-18-14-7-10(16(20)21)3-6-12(13)14;1-7(12)9-3-2-8-4-5-11-10(8)6-9;8-7(10)5-1-3-6(9)4-2-5/h2-9,19H,1H3;1-8,18H,(H,20,21);2-6,11H,1H3;1-4H. The third-order valence-electron chi connectivity index (χ3n) is 9.75. The zero-order valence-corrected chi connectivity index (χ0v) is 34.6. The number of halogens is 4. The number of carbonyl (C=O) groups is 6. The third-order valence-corrected chi connectivity index (χ3v) is 9.97. The molecule has 0 unspecified atom stereocenters. The van der Waals surface area contributed by atoms with Gasteiger partial charge in [-0.3, -0.25) is 24.0 Å². The van der Waals surface area contributed by atoms with Gasteiger partial charge in [-0.2, -0.15) is 0 Å². The van der Waals surface area contributed by atoms with Crippen molar-refractivity contribution in [2.24, 2.45) is 0 Å². The predicted octanol–water partition coefficient (Wildman–Crippen LogP) is 11.6. The molecular weight excluding hydrogens is 847 g/mol. The third kappa shape index (κ3) is 11.0. The summed E-state index contributed by atoms with van der Waals surface area (Å²) in [6.07, 6.45) is 5.01. The summed E-state index contributed by atoms with van der Waals surface area (Å²) >= 11 is 5.09. The number of aromatic carboxylic acids is 1. The second kappa shape index (κ2) is 20.1. The second-order valence-electron chi connectivity index (χ2n) is 14.1. The van der Waals surface area contributed by atoms with Crippen LogP contribution in [0.4, 0.5) is 13.2 Å². The van der Waals surface area contributed by atoms with Crippen molar-refractivity contribution >= 4 is 78.7 Å². The molecule has 0 spiro atoms. The van der Waals surface area contributed by atoms with Gasteiger partial charge in [0.1, 0.15) is 17.5 Å². The largest absolute Gasteiger partial charge is 0.478 e. The predicted molar refractivity (Wildman–Crippen MR) is 238 cm³/mol. The lowest BCUT2D eigenvalue weighted by Crippen LogP contribution is -2.00. The van der Waals surface area contributed by atoms with E-state index in [2.05, 4.69) is 15.0 Å². The Morgan fingerprint density at radius 3 is 1.25 bits per heavy atom. The molecule has 4 N–H and O–H groups in total. The number of rotatable bonds is 8. The average molecular weight is 882 g/mol. The number of H-pyrrole nitrogens is 3. The number of ketones is 4. The molecule has 0 aliphatic heterocycles. The molecule has 14 heteroatoms. The summed E-state index contributed by atoms with van der Waals surface area (Å²) in [6, 6.07) is 33.1. The van der Waals surface area contributed by atoms with Crippen molar-refractivity contribution in [3.8, 4) is 0 Å². The van der Waals surface area contributed by atoms with Gasteiger partial charge in [-0.1, -0.05) is 30.3 Å². The number of carbonyl (C=O) groups excluding carboxylic acids is 5. The Balaban J connectivity index is 0.000000148. The van der Waals surface area contributed by atoms with E-state index in [1.807, 2.05) is 30.5 Å². The Labute approximate surface area is 367 Å². The Hall–Kier alpha value is -8.16. The lowest BCUT2D eigenvalue weighted by Gasteiger charge is -2.01. The maximum atomic E-state index is 12.9. The molecule has 0 saturated carbocycles. The maximum absolute atomic E-state index is 12.9. The van der Waals surface area contributed by atoms with E-state index in [1.54, 1.807) is 37.4 Å². The number of aromatic nitrogens is 3. The van der Waals surface area contributed by atoms with E-state index in [4.69, 9.17) is 16.7 Å². The highest BCUT2D eigenvalue weighted by atomic mass is 35.5. The van der Waals surface area contributed by atoms with Gasteiger partial charge in [0.2, 0.25) is 0 Å². The highest BCUT2D eigenvalue weighted by Gasteiger charge is 2.17. The Bertz CT molecular complexity index is 3040. The van der Waals surface area contributed by atoms with Crippen molar-refractivity contribution in [3.05, 3.63) is 214 Å². The van der Waals surface area contributed by atoms with Gasteiger partial charge in [-0.15, -0.1) is 0 Å². The number of carboxylic acid groups (broad SMARTS) is 1. The van der Waals surface area contributed by atoms with Gasteiger partial charge in [0.15, 0.2) is 23.1 Å². The molecule has 0 atom stereocenters. The maximum Gasteiger partial charge on any atom is 0.335 e. The van der Waals surface area contributed by atoms with Crippen LogP contribution in [0, 0.1) is 17.5 Å². The summed E-state index contributed by atoms with van der Waals surface area (Å²) in [6.45, 7) is 3.07. The summed E-state index contributed by atoms with van der Waals surface area (Å²) in [7, 11) is 0. The van der Waals surface area contributed by atoms with Crippen LogP contribution in [-0.2, 0) is 0 Å². The van der Waals surface area contributed by atoms with Crippen LogP contribution in [0.5, 0.6) is 0 Å². The highest BCUT2D eigenvalue weighted by molar-refractivity contribution is 6.67. The first kappa shape index (κ1) is 45.4. The number of benzene rings is 6. The summed E-state index contributed by atoms with van der Waals surface area (Å²) in [5, 5.41) is 10.9. The number of fused-ring (bicyclic) bond motifs is 3. The fourth-order valence-electron chi connectivity index (χ4n) is 6.34. The smallest absolute Gasteiger partial charge is 0.335 e. The molecule has 0 bridgehead atoms. The number of carboxylic acids is 1. The topological polar surface area (TPSA) is 170 Å². The number of nitrogens with one attached hydrogen (secondary N) is 3. The van der Waals surface area contributed by atoms with Crippen molar-refractivity contribution in [1.82, 2.24) is 15.0 Å². The summed E-state index contributed by atoms with van der Waals surface area (Å²) in [5.41, 5.74) is 5.84. The lowest BCUT2D eigenvalue weighted by molar-refractivity contribution is 0.0696. The molecule has 10 nitrogen and oxygen atoms in total. The molecule has 6 aromatic carbocycles. The number of aromatic amines is 3. The fraction of sp³-hybridized carbons (Fsp3) is 0.0400. The van der Waals surface area contributed by atoms with Crippen molar-refractivity contribution in [2.75, 3.05) is 0 Å². The minimum atomic E-state index is -1.03. The zero-order chi connectivity index (χ0) is 46.1. The van der Waals surface area contributed by atoms with E-state index >= 15 is 0 Å². The Morgan fingerprint density at radius 2 is 0.828 bits per heavy atom.